The van der Waals surface area contributed by atoms with Gasteiger partial charge in [-0.2, -0.15) is 9.61 Å². The van der Waals surface area contributed by atoms with Crippen LogP contribution in [0.5, 0.6) is 0 Å². The van der Waals surface area contributed by atoms with Crippen molar-refractivity contribution < 1.29 is 0 Å². The number of nitrogen functional groups attached to an aromatic ring is 1. The smallest absolute Gasteiger partial charge is 0.234 e. The number of nitrogens with two attached hydrogens (primary N) is 1. The lowest BCUT2D eigenvalue weighted by Gasteiger charge is -1.91. The molecule has 0 spiro atoms. The summed E-state index contributed by atoms with van der Waals surface area (Å²) in [5, 5.41) is 14.5. The zero-order chi connectivity index (χ0) is 12.7. The van der Waals surface area contributed by atoms with Crippen molar-refractivity contribution in [2.24, 2.45) is 0 Å². The van der Waals surface area contributed by atoms with Gasteiger partial charge < -0.3 is 5.73 Å². The topological polar surface area (TPSA) is 69.1 Å². The first kappa shape index (κ1) is 11.6. The molecule has 0 aromatic carbocycles. The normalized spacial score (nSPS) is 11.4. The fourth-order valence-electron chi connectivity index (χ4n) is 1.79. The Bertz CT molecular complexity index is 693. The van der Waals surface area contributed by atoms with Gasteiger partial charge in [-0.3, -0.25) is 0 Å². The predicted octanol–water partition coefficient (Wildman–Crippen LogP) is 2.62. The average molecular weight is 279 g/mol. The van der Waals surface area contributed by atoms with Crippen LogP contribution in [0.1, 0.15) is 24.5 Å². The molecular formula is C11H13N5S2. The van der Waals surface area contributed by atoms with Crippen LogP contribution < -0.4 is 5.73 Å². The molecule has 0 bridgehead atoms. The van der Waals surface area contributed by atoms with E-state index in [1.165, 1.54) is 16.2 Å². The van der Waals surface area contributed by atoms with Crippen molar-refractivity contribution in [1.29, 1.82) is 0 Å². The first-order valence-corrected chi connectivity index (χ1v) is 7.45. The lowest BCUT2D eigenvalue weighted by Crippen LogP contribution is -1.93. The number of hydrogen-bond donors (Lipinski definition) is 1. The summed E-state index contributed by atoms with van der Waals surface area (Å²) < 4.78 is 1.81. The van der Waals surface area contributed by atoms with E-state index in [0.29, 0.717) is 0 Å². The zero-order valence-corrected chi connectivity index (χ0v) is 11.8. The Kier molecular flexibility index (Phi) is 2.79. The molecule has 0 atom stereocenters. The third kappa shape index (κ3) is 1.70. The summed E-state index contributed by atoms with van der Waals surface area (Å²) in [6, 6.07) is 2.12. The van der Waals surface area contributed by atoms with Crippen LogP contribution in [0.15, 0.2) is 6.07 Å². The summed E-state index contributed by atoms with van der Waals surface area (Å²) in [6.07, 6.45) is 1.82. The Hall–Kier alpha value is -1.47. The van der Waals surface area contributed by atoms with Crippen LogP contribution in [-0.4, -0.2) is 19.8 Å². The molecule has 0 aliphatic heterocycles. The Morgan fingerprint density at radius 1 is 1.22 bits per heavy atom. The van der Waals surface area contributed by atoms with E-state index < -0.39 is 0 Å². The number of hydrogen-bond acceptors (Lipinski definition) is 6. The molecule has 0 saturated carbocycles. The van der Waals surface area contributed by atoms with Gasteiger partial charge in [-0.05, 0) is 12.5 Å². The second-order valence-corrected chi connectivity index (χ2v) is 6.04. The van der Waals surface area contributed by atoms with Gasteiger partial charge in [-0.1, -0.05) is 25.2 Å². The van der Waals surface area contributed by atoms with Gasteiger partial charge in [0.05, 0.1) is 5.00 Å². The van der Waals surface area contributed by atoms with Crippen LogP contribution in [0.2, 0.25) is 0 Å². The maximum Gasteiger partial charge on any atom is 0.234 e. The number of nitrogens with zero attached hydrogens (tertiary/aromatic N) is 4. The maximum atomic E-state index is 6.05. The molecule has 0 fully saturated rings. The molecule has 0 radical (unpaired) electrons. The Morgan fingerprint density at radius 3 is 2.72 bits per heavy atom. The SMILES string of the molecule is CCc1cc(-c2nn3c(CC)nnc3s2)c(N)s1. The van der Waals surface area contributed by atoms with Crippen LogP contribution >= 0.6 is 22.7 Å². The van der Waals surface area contributed by atoms with Gasteiger partial charge in [0.25, 0.3) is 0 Å². The summed E-state index contributed by atoms with van der Waals surface area (Å²) in [5.74, 6) is 0.886. The van der Waals surface area contributed by atoms with E-state index in [2.05, 4.69) is 28.3 Å². The van der Waals surface area contributed by atoms with Gasteiger partial charge in [0.1, 0.15) is 0 Å². The van der Waals surface area contributed by atoms with Crippen molar-refractivity contribution in [1.82, 2.24) is 19.8 Å². The molecule has 2 N–H and O–H groups in total. The molecule has 0 saturated heterocycles. The van der Waals surface area contributed by atoms with E-state index in [0.717, 1.165) is 39.2 Å². The van der Waals surface area contributed by atoms with E-state index in [-0.39, 0.29) is 0 Å². The van der Waals surface area contributed by atoms with Crippen molar-refractivity contribution in [3.63, 3.8) is 0 Å². The molecule has 18 heavy (non-hydrogen) atoms. The van der Waals surface area contributed by atoms with E-state index in [4.69, 9.17) is 5.73 Å². The summed E-state index contributed by atoms with van der Waals surface area (Å²) in [6.45, 7) is 4.17. The van der Waals surface area contributed by atoms with E-state index in [1.807, 2.05) is 11.4 Å². The third-order valence-electron chi connectivity index (χ3n) is 2.76. The molecule has 0 aliphatic rings. The van der Waals surface area contributed by atoms with Crippen molar-refractivity contribution in [2.75, 3.05) is 5.73 Å². The fraction of sp³-hybridized carbons (Fsp3) is 0.364. The molecule has 3 aromatic heterocycles. The van der Waals surface area contributed by atoms with Gasteiger partial charge in [0, 0.05) is 16.9 Å². The second kappa shape index (κ2) is 4.33. The molecule has 3 heterocycles. The molecule has 3 aromatic rings. The number of anilines is 1. The highest BCUT2D eigenvalue weighted by Crippen LogP contribution is 2.36. The molecule has 7 heteroatoms. The van der Waals surface area contributed by atoms with Crippen molar-refractivity contribution >= 4 is 32.6 Å². The number of aryl methyl sites for hydroxylation is 2. The van der Waals surface area contributed by atoms with E-state index >= 15 is 0 Å². The summed E-state index contributed by atoms with van der Waals surface area (Å²) in [7, 11) is 0. The molecule has 0 aliphatic carbocycles. The maximum absolute atomic E-state index is 6.05. The van der Waals surface area contributed by atoms with Crippen LogP contribution in [0.25, 0.3) is 15.5 Å². The van der Waals surface area contributed by atoms with Gasteiger partial charge in [0.15, 0.2) is 10.8 Å². The van der Waals surface area contributed by atoms with Crippen molar-refractivity contribution in [3.05, 3.63) is 16.8 Å². The highest BCUT2D eigenvalue weighted by atomic mass is 32.1. The summed E-state index contributed by atoms with van der Waals surface area (Å²) in [5.41, 5.74) is 7.07. The summed E-state index contributed by atoms with van der Waals surface area (Å²) in [4.78, 5) is 2.11. The van der Waals surface area contributed by atoms with Gasteiger partial charge in [-0.15, -0.1) is 21.5 Å². The Balaban J connectivity index is 2.13. The molecule has 0 amide bonds. The molecule has 0 unspecified atom stereocenters. The van der Waals surface area contributed by atoms with Crippen LogP contribution in [-0.2, 0) is 12.8 Å². The average Bonchev–Trinajstić information content (AvgIpc) is 3.01. The van der Waals surface area contributed by atoms with Crippen LogP contribution in [0, 0.1) is 0 Å². The molecule has 3 rings (SSSR count). The zero-order valence-electron chi connectivity index (χ0n) is 10.2. The first-order chi connectivity index (χ1) is 8.72. The van der Waals surface area contributed by atoms with Crippen molar-refractivity contribution in [2.45, 2.75) is 26.7 Å². The minimum absolute atomic E-state index is 0.823. The standard InChI is InChI=1S/C11H13N5S2/c1-3-6-5-7(9(12)17-6)10-15-16-8(4-2)13-14-11(16)18-10/h5H,3-4,12H2,1-2H3. The minimum Gasteiger partial charge on any atom is -0.390 e. The lowest BCUT2D eigenvalue weighted by atomic mass is 10.3. The Labute approximate surface area is 112 Å². The number of thiophene rings is 1. The fourth-order valence-corrected chi connectivity index (χ4v) is 3.61. The Morgan fingerprint density at radius 2 is 2.06 bits per heavy atom. The van der Waals surface area contributed by atoms with Crippen molar-refractivity contribution in [3.8, 4) is 10.6 Å². The minimum atomic E-state index is 0.823. The predicted molar refractivity (Wildman–Crippen MR) is 75.1 cm³/mol. The summed E-state index contributed by atoms with van der Waals surface area (Å²) >= 11 is 3.16. The quantitative estimate of drug-likeness (QED) is 0.800. The number of rotatable bonds is 3. The lowest BCUT2D eigenvalue weighted by molar-refractivity contribution is 0.838. The van der Waals surface area contributed by atoms with Crippen LogP contribution in [0.3, 0.4) is 0 Å². The monoisotopic (exact) mass is 279 g/mol. The van der Waals surface area contributed by atoms with E-state index in [9.17, 15) is 0 Å². The largest absolute Gasteiger partial charge is 0.390 e. The first-order valence-electron chi connectivity index (χ1n) is 5.82. The van der Waals surface area contributed by atoms with E-state index in [1.54, 1.807) is 11.3 Å². The van der Waals surface area contributed by atoms with Gasteiger partial charge in [-0.25, -0.2) is 0 Å². The van der Waals surface area contributed by atoms with Gasteiger partial charge in [0.2, 0.25) is 4.96 Å². The molecule has 94 valence electrons. The molecule has 5 nitrogen and oxygen atoms in total. The second-order valence-electron chi connectivity index (χ2n) is 3.92. The molecular weight excluding hydrogens is 266 g/mol. The number of aromatic nitrogens is 4. The highest BCUT2D eigenvalue weighted by Gasteiger charge is 2.15. The highest BCUT2D eigenvalue weighted by molar-refractivity contribution is 7.21. The van der Waals surface area contributed by atoms with Gasteiger partial charge >= 0.3 is 0 Å². The number of fused-ring (bicyclic) bond motifs is 1. The van der Waals surface area contributed by atoms with Crippen LogP contribution in [0.4, 0.5) is 5.00 Å². The third-order valence-corrected chi connectivity index (χ3v) is 4.80.